The van der Waals surface area contributed by atoms with E-state index in [9.17, 15) is 4.79 Å². The van der Waals surface area contributed by atoms with Crippen LogP contribution >= 0.6 is 0 Å². The van der Waals surface area contributed by atoms with E-state index in [1.54, 1.807) is 0 Å². The number of likely N-dealkylation sites (tertiary alicyclic amines) is 1. The van der Waals surface area contributed by atoms with Crippen molar-refractivity contribution >= 4 is 5.91 Å². The number of amides is 1. The van der Waals surface area contributed by atoms with Gasteiger partial charge in [-0.15, -0.1) is 0 Å². The van der Waals surface area contributed by atoms with Crippen LogP contribution in [0.2, 0.25) is 0 Å². The maximum Gasteiger partial charge on any atom is 0.237 e. The highest BCUT2D eigenvalue weighted by molar-refractivity contribution is 5.84. The van der Waals surface area contributed by atoms with Crippen LogP contribution in [-0.4, -0.2) is 42.0 Å². The summed E-state index contributed by atoms with van der Waals surface area (Å²) in [4.78, 5) is 14.6. The summed E-state index contributed by atoms with van der Waals surface area (Å²) in [5.74, 6) is 1.42. The molecule has 1 saturated carbocycles. The number of nitrogens with one attached hydrogen (secondary N) is 1. The SMILES string of the molecule is CCNC1(C(N)=O)CCCC(N2CCC(C(C)C)C2)C1. The smallest absolute Gasteiger partial charge is 0.237 e. The van der Waals surface area contributed by atoms with Crippen molar-refractivity contribution in [1.29, 1.82) is 0 Å². The lowest BCUT2D eigenvalue weighted by Gasteiger charge is -2.42. The number of hydrogen-bond donors (Lipinski definition) is 2. The summed E-state index contributed by atoms with van der Waals surface area (Å²) < 4.78 is 0. The summed E-state index contributed by atoms with van der Waals surface area (Å²) in [5, 5.41) is 3.38. The summed E-state index contributed by atoms with van der Waals surface area (Å²) in [5.41, 5.74) is 5.24. The summed E-state index contributed by atoms with van der Waals surface area (Å²) in [6, 6.07) is 0.527. The molecule has 0 aromatic heterocycles. The summed E-state index contributed by atoms with van der Waals surface area (Å²) in [6.07, 6.45) is 5.41. The molecule has 2 fully saturated rings. The van der Waals surface area contributed by atoms with Crippen LogP contribution in [0.5, 0.6) is 0 Å². The van der Waals surface area contributed by atoms with Crippen molar-refractivity contribution in [1.82, 2.24) is 10.2 Å². The van der Waals surface area contributed by atoms with E-state index in [2.05, 4.69) is 31.0 Å². The van der Waals surface area contributed by atoms with Crippen LogP contribution in [-0.2, 0) is 4.79 Å². The molecule has 116 valence electrons. The Kier molecular flexibility index (Phi) is 5.08. The minimum Gasteiger partial charge on any atom is -0.368 e. The Bertz CT molecular complexity index is 341. The molecule has 0 aromatic rings. The molecule has 1 heterocycles. The van der Waals surface area contributed by atoms with Crippen molar-refractivity contribution in [3.05, 3.63) is 0 Å². The third-order valence-electron chi connectivity index (χ3n) is 5.43. The predicted molar refractivity (Wildman–Crippen MR) is 82.4 cm³/mol. The first kappa shape index (κ1) is 15.8. The molecule has 1 aliphatic carbocycles. The first-order valence-corrected chi connectivity index (χ1v) is 8.27. The number of nitrogens with two attached hydrogens (primary N) is 1. The number of nitrogens with zero attached hydrogens (tertiary/aromatic N) is 1. The molecule has 4 heteroatoms. The van der Waals surface area contributed by atoms with E-state index in [1.165, 1.54) is 25.9 Å². The molecular formula is C16H31N3O. The first-order valence-electron chi connectivity index (χ1n) is 8.27. The minimum atomic E-state index is -0.465. The third-order valence-corrected chi connectivity index (χ3v) is 5.43. The van der Waals surface area contributed by atoms with Crippen LogP contribution in [0.1, 0.15) is 52.9 Å². The molecular weight excluding hydrogens is 250 g/mol. The van der Waals surface area contributed by atoms with Crippen LogP contribution in [0.3, 0.4) is 0 Å². The number of likely N-dealkylation sites (N-methyl/N-ethyl adjacent to an activating group) is 1. The van der Waals surface area contributed by atoms with E-state index in [1.807, 2.05) is 0 Å². The molecule has 1 amide bonds. The number of primary amides is 1. The fraction of sp³-hybridized carbons (Fsp3) is 0.938. The zero-order chi connectivity index (χ0) is 14.8. The molecule has 20 heavy (non-hydrogen) atoms. The maximum absolute atomic E-state index is 11.9. The molecule has 3 atom stereocenters. The lowest BCUT2D eigenvalue weighted by Crippen LogP contribution is -2.60. The van der Waals surface area contributed by atoms with E-state index in [0.29, 0.717) is 6.04 Å². The minimum absolute atomic E-state index is 0.163. The van der Waals surface area contributed by atoms with E-state index < -0.39 is 5.54 Å². The molecule has 4 nitrogen and oxygen atoms in total. The zero-order valence-corrected chi connectivity index (χ0v) is 13.3. The highest BCUT2D eigenvalue weighted by atomic mass is 16.1. The molecule has 0 spiro atoms. The Morgan fingerprint density at radius 3 is 2.75 bits per heavy atom. The monoisotopic (exact) mass is 281 g/mol. The van der Waals surface area contributed by atoms with Crippen LogP contribution < -0.4 is 11.1 Å². The quantitative estimate of drug-likeness (QED) is 0.807. The normalized spacial score (nSPS) is 35.6. The topological polar surface area (TPSA) is 58.4 Å². The molecule has 2 aliphatic rings. The van der Waals surface area contributed by atoms with Gasteiger partial charge in [0.05, 0.1) is 5.54 Å². The third kappa shape index (κ3) is 3.17. The van der Waals surface area contributed by atoms with Gasteiger partial charge in [-0.05, 0) is 57.0 Å². The standard InChI is InChI=1S/C16H31N3O/c1-4-18-16(15(17)20)8-5-6-14(10-16)19-9-7-13(11-19)12(2)3/h12-14,18H,4-11H2,1-3H3,(H2,17,20). The van der Waals surface area contributed by atoms with Crippen molar-refractivity contribution in [3.63, 3.8) is 0 Å². The Morgan fingerprint density at radius 2 is 2.20 bits per heavy atom. The fourth-order valence-electron chi connectivity index (χ4n) is 4.06. The largest absolute Gasteiger partial charge is 0.368 e. The van der Waals surface area contributed by atoms with Gasteiger partial charge in [0.15, 0.2) is 0 Å². The first-order chi connectivity index (χ1) is 9.48. The highest BCUT2D eigenvalue weighted by Crippen LogP contribution is 2.35. The Balaban J connectivity index is 2.01. The van der Waals surface area contributed by atoms with E-state index in [-0.39, 0.29) is 5.91 Å². The second kappa shape index (κ2) is 6.44. The Labute approximate surface area is 123 Å². The molecule has 0 bridgehead atoms. The van der Waals surface area contributed by atoms with Gasteiger partial charge in [0.1, 0.15) is 0 Å². The van der Waals surface area contributed by atoms with E-state index in [4.69, 9.17) is 5.73 Å². The van der Waals surface area contributed by atoms with Gasteiger partial charge in [-0.2, -0.15) is 0 Å². The fourth-order valence-corrected chi connectivity index (χ4v) is 4.06. The Morgan fingerprint density at radius 1 is 1.45 bits per heavy atom. The van der Waals surface area contributed by atoms with Gasteiger partial charge in [-0.1, -0.05) is 20.8 Å². The molecule has 0 aromatic carbocycles. The van der Waals surface area contributed by atoms with Crippen LogP contribution in [0.4, 0.5) is 0 Å². The summed E-state index contributed by atoms with van der Waals surface area (Å²) >= 11 is 0. The molecule has 3 N–H and O–H groups in total. The maximum atomic E-state index is 11.9. The van der Waals surface area contributed by atoms with Gasteiger partial charge in [-0.25, -0.2) is 0 Å². The highest BCUT2D eigenvalue weighted by Gasteiger charge is 2.43. The van der Waals surface area contributed by atoms with Crippen molar-refractivity contribution < 1.29 is 4.79 Å². The lowest BCUT2D eigenvalue weighted by atomic mass is 9.77. The van der Waals surface area contributed by atoms with Gasteiger partial charge in [0.2, 0.25) is 5.91 Å². The lowest BCUT2D eigenvalue weighted by molar-refractivity contribution is -0.126. The zero-order valence-electron chi connectivity index (χ0n) is 13.3. The van der Waals surface area contributed by atoms with Crippen molar-refractivity contribution in [2.24, 2.45) is 17.6 Å². The van der Waals surface area contributed by atoms with Crippen LogP contribution in [0.25, 0.3) is 0 Å². The average Bonchev–Trinajstić information content (AvgIpc) is 2.89. The number of carbonyl (C=O) groups is 1. The van der Waals surface area contributed by atoms with Crippen LogP contribution in [0, 0.1) is 11.8 Å². The second-order valence-electron chi connectivity index (χ2n) is 7.01. The van der Waals surface area contributed by atoms with Crippen molar-refractivity contribution in [2.75, 3.05) is 19.6 Å². The van der Waals surface area contributed by atoms with E-state index >= 15 is 0 Å². The van der Waals surface area contributed by atoms with Crippen molar-refractivity contribution in [2.45, 2.75) is 64.5 Å². The van der Waals surface area contributed by atoms with Crippen molar-refractivity contribution in [3.8, 4) is 0 Å². The van der Waals surface area contributed by atoms with Gasteiger partial charge >= 0.3 is 0 Å². The predicted octanol–water partition coefficient (Wildman–Crippen LogP) is 1.74. The molecule has 3 unspecified atom stereocenters. The average molecular weight is 281 g/mol. The molecule has 1 saturated heterocycles. The molecule has 1 aliphatic heterocycles. The number of carbonyl (C=O) groups excluding carboxylic acids is 1. The van der Waals surface area contributed by atoms with Gasteiger partial charge in [0, 0.05) is 12.6 Å². The van der Waals surface area contributed by atoms with E-state index in [0.717, 1.165) is 37.6 Å². The molecule has 0 radical (unpaired) electrons. The van der Waals surface area contributed by atoms with Crippen LogP contribution in [0.15, 0.2) is 0 Å². The number of rotatable bonds is 5. The van der Waals surface area contributed by atoms with Gasteiger partial charge in [0.25, 0.3) is 0 Å². The second-order valence-corrected chi connectivity index (χ2v) is 7.01. The van der Waals surface area contributed by atoms with Gasteiger partial charge in [-0.3, -0.25) is 4.79 Å². The molecule has 2 rings (SSSR count). The summed E-state index contributed by atoms with van der Waals surface area (Å²) in [6.45, 7) is 9.89. The summed E-state index contributed by atoms with van der Waals surface area (Å²) in [7, 11) is 0. The Hall–Kier alpha value is -0.610. The number of hydrogen-bond acceptors (Lipinski definition) is 3. The van der Waals surface area contributed by atoms with Gasteiger partial charge < -0.3 is 16.0 Å².